The Hall–Kier alpha value is -5.20. The van der Waals surface area contributed by atoms with Crippen LogP contribution in [0.5, 0.6) is 0 Å². The SMILES string of the molecule is COC(=O)c1c(N2CC3CCC(C2)N3C(=O)OC(C)(C)C)nc(SCc2ccc(C(C)(C)C)cc2)c2ncn(Cc3ccc(F)c4sc(/N=C/N(C)C)c(C#N)c34)c12. The lowest BCUT2D eigenvalue weighted by molar-refractivity contribution is 0.0122. The Morgan fingerprint density at radius 1 is 1.09 bits per heavy atom. The van der Waals surface area contributed by atoms with Crippen molar-refractivity contribution in [1.82, 2.24) is 24.3 Å². The lowest BCUT2D eigenvalue weighted by Gasteiger charge is -2.42. The van der Waals surface area contributed by atoms with Crippen LogP contribution in [0.4, 0.5) is 20.0 Å². The number of fused-ring (bicyclic) bond motifs is 4. The molecule has 15 heteroatoms. The number of nitrogens with zero attached hydrogens (tertiary/aromatic N) is 8. The van der Waals surface area contributed by atoms with Crippen LogP contribution in [0.3, 0.4) is 0 Å². The van der Waals surface area contributed by atoms with E-state index in [2.05, 4.69) is 61.0 Å². The molecule has 2 aromatic carbocycles. The second kappa shape index (κ2) is 15.9. The zero-order valence-corrected chi connectivity index (χ0v) is 36.1. The fourth-order valence-corrected chi connectivity index (χ4v) is 9.67. The van der Waals surface area contributed by atoms with Crippen LogP contribution < -0.4 is 4.90 Å². The minimum absolute atomic E-state index is 0.0197. The Morgan fingerprint density at radius 2 is 1.78 bits per heavy atom. The lowest BCUT2D eigenvalue weighted by Crippen LogP contribution is -2.57. The Kier molecular flexibility index (Phi) is 11.2. The van der Waals surface area contributed by atoms with E-state index >= 15 is 4.39 Å². The number of thiophene rings is 1. The zero-order valence-electron chi connectivity index (χ0n) is 34.4. The molecule has 58 heavy (non-hydrogen) atoms. The van der Waals surface area contributed by atoms with Gasteiger partial charge < -0.3 is 23.8 Å². The van der Waals surface area contributed by atoms with E-state index in [0.717, 1.165) is 29.7 Å². The number of hydrogen-bond acceptors (Lipinski definition) is 11. The van der Waals surface area contributed by atoms with E-state index < -0.39 is 17.4 Å². The third kappa shape index (κ3) is 8.09. The van der Waals surface area contributed by atoms with Crippen LogP contribution >= 0.6 is 23.1 Å². The summed E-state index contributed by atoms with van der Waals surface area (Å²) < 4.78 is 28.8. The second-order valence-corrected chi connectivity index (χ2v) is 19.1. The standard InChI is InChI=1S/C43H49FN8O4S2/c1-42(2,3)27-13-10-25(11-14-27)22-57-39-34-35(51(24-46-34)19-26-12-17-31(44)36-32(26)30(18-45)38(58-36)47-23-49(7)8)33(40(53)55-9)37(48-39)50-20-28-15-16-29(21-50)52(28)41(54)56-43(4,5)6/h10-14,17,23-24,28-29H,15-16,19-22H2,1-9H3/b47-23+. The molecule has 12 nitrogen and oxygen atoms in total. The molecule has 0 radical (unpaired) electrons. The number of halogens is 1. The normalized spacial score (nSPS) is 17.1. The number of nitriles is 1. The average molecular weight is 825 g/mol. The van der Waals surface area contributed by atoms with E-state index in [4.69, 9.17) is 19.4 Å². The smallest absolute Gasteiger partial charge is 0.410 e. The first-order valence-corrected chi connectivity index (χ1v) is 21.1. The molecule has 0 saturated carbocycles. The summed E-state index contributed by atoms with van der Waals surface area (Å²) in [6.07, 6.45) is 4.50. The highest BCUT2D eigenvalue weighted by Crippen LogP contribution is 2.43. The predicted octanol–water partition coefficient (Wildman–Crippen LogP) is 8.89. The van der Waals surface area contributed by atoms with Crippen molar-refractivity contribution < 1.29 is 23.5 Å². The van der Waals surface area contributed by atoms with Crippen molar-refractivity contribution >= 4 is 73.4 Å². The molecule has 7 rings (SSSR count). The largest absolute Gasteiger partial charge is 0.465 e. The summed E-state index contributed by atoms with van der Waals surface area (Å²) in [6.45, 7) is 13.2. The van der Waals surface area contributed by atoms with Crippen LogP contribution in [0, 0.1) is 17.1 Å². The van der Waals surface area contributed by atoms with E-state index in [1.165, 1.54) is 30.5 Å². The number of ether oxygens (including phenoxy) is 2. The van der Waals surface area contributed by atoms with Crippen molar-refractivity contribution in [3.05, 3.63) is 76.4 Å². The molecule has 2 fully saturated rings. The fraction of sp³-hybridized carbons (Fsp3) is 0.442. The summed E-state index contributed by atoms with van der Waals surface area (Å²) in [5.41, 5.74) is 3.97. The van der Waals surface area contributed by atoms with Gasteiger partial charge in [-0.05, 0) is 61.8 Å². The van der Waals surface area contributed by atoms with Gasteiger partial charge in [0.15, 0.2) is 0 Å². The van der Waals surface area contributed by atoms with Gasteiger partial charge in [-0.2, -0.15) is 5.26 Å². The minimum Gasteiger partial charge on any atom is -0.465 e. The first kappa shape index (κ1) is 41.0. The molecule has 0 N–H and O–H groups in total. The fourth-order valence-electron chi connectivity index (χ4n) is 7.70. The van der Waals surface area contributed by atoms with Gasteiger partial charge in [0.25, 0.3) is 0 Å². The molecule has 2 bridgehead atoms. The number of carbonyl (C=O) groups is 2. The highest BCUT2D eigenvalue weighted by atomic mass is 32.2. The average Bonchev–Trinajstić information content (AvgIpc) is 3.84. The van der Waals surface area contributed by atoms with E-state index in [1.807, 2.05) is 44.3 Å². The summed E-state index contributed by atoms with van der Waals surface area (Å²) in [5, 5.41) is 11.8. The highest BCUT2D eigenvalue weighted by molar-refractivity contribution is 7.98. The topological polar surface area (TPSA) is 129 Å². The minimum atomic E-state index is -0.635. The number of benzene rings is 2. The first-order valence-electron chi connectivity index (χ1n) is 19.3. The van der Waals surface area contributed by atoms with Crippen LogP contribution in [0.15, 0.2) is 52.7 Å². The predicted molar refractivity (Wildman–Crippen MR) is 228 cm³/mol. The number of anilines is 1. The van der Waals surface area contributed by atoms with Crippen LogP contribution in [-0.2, 0) is 27.2 Å². The molecular formula is C43H49FN8O4S2. The molecule has 2 unspecified atom stereocenters. The van der Waals surface area contributed by atoms with Gasteiger partial charge in [-0.3, -0.25) is 4.90 Å². The monoisotopic (exact) mass is 824 g/mol. The van der Waals surface area contributed by atoms with Crippen LogP contribution in [0.1, 0.15) is 87.0 Å². The molecule has 1 amide bonds. The number of rotatable bonds is 9. The number of amides is 1. The number of thioether (sulfide) groups is 1. The molecule has 2 saturated heterocycles. The number of imidazole rings is 1. The number of aromatic nitrogens is 3. The number of piperazine rings is 1. The number of esters is 1. The van der Waals surface area contributed by atoms with E-state index in [0.29, 0.717) is 61.4 Å². The molecule has 5 heterocycles. The summed E-state index contributed by atoms with van der Waals surface area (Å²) in [6, 6.07) is 13.6. The van der Waals surface area contributed by atoms with Crippen molar-refractivity contribution in [3.8, 4) is 6.07 Å². The maximum atomic E-state index is 15.4. The van der Waals surface area contributed by atoms with Crippen LogP contribution in [-0.4, -0.2) is 94.7 Å². The summed E-state index contributed by atoms with van der Waals surface area (Å²) in [7, 11) is 4.99. The molecule has 5 aromatic rings. The van der Waals surface area contributed by atoms with Crippen molar-refractivity contribution in [2.75, 3.05) is 39.2 Å². The molecule has 0 aliphatic carbocycles. The summed E-state index contributed by atoms with van der Waals surface area (Å²) >= 11 is 2.65. The number of pyridine rings is 1. The molecule has 3 aromatic heterocycles. The molecule has 0 spiro atoms. The van der Waals surface area contributed by atoms with E-state index in [-0.39, 0.29) is 41.3 Å². The zero-order chi connectivity index (χ0) is 41.7. The van der Waals surface area contributed by atoms with Gasteiger partial charge >= 0.3 is 12.1 Å². The Labute approximate surface area is 346 Å². The number of carbonyl (C=O) groups excluding carboxylic acids is 2. The van der Waals surface area contributed by atoms with E-state index in [9.17, 15) is 14.9 Å². The summed E-state index contributed by atoms with van der Waals surface area (Å²) in [5.74, 6) is 0.0234. The second-order valence-electron chi connectivity index (χ2n) is 17.1. The van der Waals surface area contributed by atoms with Crippen LogP contribution in [0.25, 0.3) is 21.1 Å². The third-order valence-corrected chi connectivity index (χ3v) is 12.5. The van der Waals surface area contributed by atoms with Gasteiger partial charge in [-0.25, -0.2) is 28.9 Å². The van der Waals surface area contributed by atoms with Gasteiger partial charge in [0.1, 0.15) is 44.4 Å². The van der Waals surface area contributed by atoms with Crippen molar-refractivity contribution in [2.24, 2.45) is 4.99 Å². The van der Waals surface area contributed by atoms with Crippen molar-refractivity contribution in [3.63, 3.8) is 0 Å². The van der Waals surface area contributed by atoms with Gasteiger partial charge in [0, 0.05) is 44.9 Å². The first-order chi connectivity index (χ1) is 27.5. The molecule has 304 valence electrons. The van der Waals surface area contributed by atoms with Gasteiger partial charge in [0.05, 0.1) is 47.6 Å². The van der Waals surface area contributed by atoms with Gasteiger partial charge in [-0.15, -0.1) is 11.3 Å². The number of aliphatic imine (C=N–C) groups is 1. The number of methoxy groups -OCH3 is 1. The van der Waals surface area contributed by atoms with E-state index in [1.54, 1.807) is 23.6 Å². The molecule has 2 aliphatic rings. The Bertz CT molecular complexity index is 2440. The summed E-state index contributed by atoms with van der Waals surface area (Å²) in [4.78, 5) is 47.7. The van der Waals surface area contributed by atoms with Crippen molar-refractivity contribution in [1.29, 1.82) is 5.26 Å². The molecule has 2 atom stereocenters. The highest BCUT2D eigenvalue weighted by Gasteiger charge is 2.46. The quantitative estimate of drug-likeness (QED) is 0.0615. The molecular weight excluding hydrogens is 776 g/mol. The maximum Gasteiger partial charge on any atom is 0.410 e. The van der Waals surface area contributed by atoms with Gasteiger partial charge in [0.2, 0.25) is 0 Å². The maximum absolute atomic E-state index is 15.4. The third-order valence-electron chi connectivity index (χ3n) is 10.4. The lowest BCUT2D eigenvalue weighted by atomic mass is 9.87. The number of hydrogen-bond donors (Lipinski definition) is 0. The molecule has 2 aliphatic heterocycles. The Morgan fingerprint density at radius 3 is 2.38 bits per heavy atom. The Balaban J connectivity index is 1.35. The van der Waals surface area contributed by atoms with Crippen LogP contribution in [0.2, 0.25) is 0 Å². The van der Waals surface area contributed by atoms with Crippen molar-refractivity contribution in [2.45, 2.75) is 94.8 Å². The van der Waals surface area contributed by atoms with Gasteiger partial charge in [-0.1, -0.05) is 62.9 Å².